The Morgan fingerprint density at radius 2 is 1.88 bits per heavy atom. The predicted molar refractivity (Wildman–Crippen MR) is 95.5 cm³/mol. The molecule has 0 spiro atoms. The molecule has 1 aromatic heterocycles. The summed E-state index contributed by atoms with van der Waals surface area (Å²) < 4.78 is 56.0. The second-order valence-corrected chi connectivity index (χ2v) is 7.60. The maximum Gasteiger partial charge on any atom is 0.299 e. The summed E-state index contributed by atoms with van der Waals surface area (Å²) in [5.74, 6) is -2.88. The molecule has 0 unspecified atom stereocenters. The standard InChI is InChI=1S/C15H17ClF2N4O3S/c1-8(2)20-26(24,25)21-12-7-22(3)14(13(12)16)15(23)19-9-4-5-10(17)11(18)6-9/h4-8,20-21H,1-3H3,(H,19,23). The average Bonchev–Trinajstić information content (AvgIpc) is 2.75. The van der Waals surface area contributed by atoms with Gasteiger partial charge in [-0.05, 0) is 26.0 Å². The zero-order valence-corrected chi connectivity index (χ0v) is 15.7. The van der Waals surface area contributed by atoms with Gasteiger partial charge in [-0.2, -0.15) is 13.1 Å². The SMILES string of the molecule is CC(C)NS(=O)(=O)Nc1cn(C)c(C(=O)Nc2ccc(F)c(F)c2)c1Cl. The molecule has 1 amide bonds. The molecule has 0 saturated carbocycles. The average molecular weight is 407 g/mol. The smallest absolute Gasteiger partial charge is 0.299 e. The van der Waals surface area contributed by atoms with E-state index < -0.39 is 27.8 Å². The Morgan fingerprint density at radius 3 is 2.46 bits per heavy atom. The fraction of sp³-hybridized carbons (Fsp3) is 0.267. The molecule has 142 valence electrons. The maximum absolute atomic E-state index is 13.2. The van der Waals surface area contributed by atoms with Crippen LogP contribution >= 0.6 is 11.6 Å². The largest absolute Gasteiger partial charge is 0.343 e. The van der Waals surface area contributed by atoms with E-state index in [-0.39, 0.29) is 28.1 Å². The van der Waals surface area contributed by atoms with Crippen molar-refractivity contribution in [2.45, 2.75) is 19.9 Å². The van der Waals surface area contributed by atoms with Crippen LogP contribution in [-0.4, -0.2) is 24.9 Å². The number of anilines is 2. The van der Waals surface area contributed by atoms with Crippen LogP contribution in [0.4, 0.5) is 20.2 Å². The molecule has 0 fully saturated rings. The molecule has 1 aromatic carbocycles. The van der Waals surface area contributed by atoms with Crippen LogP contribution in [0.15, 0.2) is 24.4 Å². The van der Waals surface area contributed by atoms with Crippen LogP contribution in [0.1, 0.15) is 24.3 Å². The molecular formula is C15H17ClF2N4O3S. The Kier molecular flexibility index (Phi) is 5.89. The Balaban J connectivity index is 2.26. The first-order valence-electron chi connectivity index (χ1n) is 7.41. The lowest BCUT2D eigenvalue weighted by atomic mass is 10.3. The number of rotatable bonds is 6. The summed E-state index contributed by atoms with van der Waals surface area (Å²) in [6, 6.07) is 2.53. The predicted octanol–water partition coefficient (Wildman–Crippen LogP) is 2.86. The highest BCUT2D eigenvalue weighted by atomic mass is 35.5. The summed E-state index contributed by atoms with van der Waals surface area (Å²) in [5, 5.41) is 2.24. The topological polar surface area (TPSA) is 92.2 Å². The number of carbonyl (C=O) groups excluding carboxylic acids is 1. The molecule has 0 saturated heterocycles. The highest BCUT2D eigenvalue weighted by Gasteiger charge is 2.22. The Morgan fingerprint density at radius 1 is 1.23 bits per heavy atom. The molecule has 7 nitrogen and oxygen atoms in total. The minimum atomic E-state index is -3.88. The molecule has 0 bridgehead atoms. The second kappa shape index (κ2) is 7.60. The quantitative estimate of drug-likeness (QED) is 0.688. The van der Waals surface area contributed by atoms with E-state index in [0.717, 1.165) is 12.1 Å². The summed E-state index contributed by atoms with van der Waals surface area (Å²) in [5.41, 5.74) is -0.0360. The van der Waals surface area contributed by atoms with Crippen molar-refractivity contribution < 1.29 is 22.0 Å². The third kappa shape index (κ3) is 4.71. The van der Waals surface area contributed by atoms with Gasteiger partial charge >= 0.3 is 0 Å². The van der Waals surface area contributed by atoms with Crippen molar-refractivity contribution in [3.63, 3.8) is 0 Å². The van der Waals surface area contributed by atoms with Crippen LogP contribution in [0.5, 0.6) is 0 Å². The molecule has 2 aromatic rings. The van der Waals surface area contributed by atoms with Crippen molar-refractivity contribution in [3.05, 3.63) is 46.7 Å². The number of aromatic nitrogens is 1. The fourth-order valence-electron chi connectivity index (χ4n) is 2.18. The van der Waals surface area contributed by atoms with Gasteiger partial charge in [0.15, 0.2) is 11.6 Å². The van der Waals surface area contributed by atoms with Crippen molar-refractivity contribution in [1.82, 2.24) is 9.29 Å². The number of hydrogen-bond donors (Lipinski definition) is 3. The van der Waals surface area contributed by atoms with Gasteiger partial charge in [0.2, 0.25) is 0 Å². The van der Waals surface area contributed by atoms with E-state index in [1.165, 1.54) is 23.9 Å². The van der Waals surface area contributed by atoms with Crippen molar-refractivity contribution in [2.24, 2.45) is 7.05 Å². The number of aryl methyl sites for hydroxylation is 1. The first kappa shape index (κ1) is 20.1. The van der Waals surface area contributed by atoms with E-state index in [9.17, 15) is 22.0 Å². The molecule has 26 heavy (non-hydrogen) atoms. The first-order chi connectivity index (χ1) is 12.0. The number of halogens is 3. The van der Waals surface area contributed by atoms with Gasteiger partial charge in [0, 0.05) is 31.0 Å². The summed E-state index contributed by atoms with van der Waals surface area (Å²) in [4.78, 5) is 12.4. The summed E-state index contributed by atoms with van der Waals surface area (Å²) in [6.07, 6.45) is 1.32. The van der Waals surface area contributed by atoms with E-state index in [1.54, 1.807) is 13.8 Å². The van der Waals surface area contributed by atoms with Gasteiger partial charge in [0.05, 0.1) is 10.7 Å². The van der Waals surface area contributed by atoms with Crippen molar-refractivity contribution in [1.29, 1.82) is 0 Å². The van der Waals surface area contributed by atoms with Crippen LogP contribution < -0.4 is 14.8 Å². The maximum atomic E-state index is 13.2. The Hall–Kier alpha value is -2.17. The third-order valence-electron chi connectivity index (χ3n) is 3.15. The van der Waals surface area contributed by atoms with Crippen molar-refractivity contribution >= 4 is 39.1 Å². The zero-order valence-electron chi connectivity index (χ0n) is 14.1. The van der Waals surface area contributed by atoms with Crippen LogP contribution in [-0.2, 0) is 17.3 Å². The molecule has 2 rings (SSSR count). The summed E-state index contributed by atoms with van der Waals surface area (Å²) in [6.45, 7) is 3.29. The summed E-state index contributed by atoms with van der Waals surface area (Å²) in [7, 11) is -2.39. The molecule has 0 radical (unpaired) electrons. The lowest BCUT2D eigenvalue weighted by Crippen LogP contribution is -2.35. The summed E-state index contributed by atoms with van der Waals surface area (Å²) >= 11 is 6.12. The second-order valence-electron chi connectivity index (χ2n) is 5.78. The number of benzene rings is 1. The monoisotopic (exact) mass is 406 g/mol. The van der Waals surface area contributed by atoms with Gasteiger partial charge in [-0.15, -0.1) is 0 Å². The van der Waals surface area contributed by atoms with Gasteiger partial charge in [-0.1, -0.05) is 11.6 Å². The molecule has 0 atom stereocenters. The van der Waals surface area contributed by atoms with Crippen molar-refractivity contribution in [2.75, 3.05) is 10.0 Å². The van der Waals surface area contributed by atoms with Gasteiger partial charge in [0.25, 0.3) is 16.1 Å². The molecular weight excluding hydrogens is 390 g/mol. The lowest BCUT2D eigenvalue weighted by molar-refractivity contribution is 0.101. The van der Waals surface area contributed by atoms with E-state index in [1.807, 2.05) is 0 Å². The molecule has 11 heteroatoms. The van der Waals surface area contributed by atoms with Crippen LogP contribution in [0.25, 0.3) is 0 Å². The van der Waals surface area contributed by atoms with E-state index >= 15 is 0 Å². The Bertz CT molecular complexity index is 945. The molecule has 0 aliphatic heterocycles. The number of amides is 1. The minimum absolute atomic E-state index is 0.00208. The third-order valence-corrected chi connectivity index (χ3v) is 4.80. The normalized spacial score (nSPS) is 11.7. The van der Waals surface area contributed by atoms with Gasteiger partial charge in [-0.3, -0.25) is 9.52 Å². The molecule has 3 N–H and O–H groups in total. The Labute approximate surface area is 154 Å². The van der Waals surface area contributed by atoms with Gasteiger partial charge in [0.1, 0.15) is 5.69 Å². The van der Waals surface area contributed by atoms with E-state index in [0.29, 0.717) is 0 Å². The highest BCUT2D eigenvalue weighted by molar-refractivity contribution is 7.90. The zero-order chi connectivity index (χ0) is 19.6. The number of hydrogen-bond acceptors (Lipinski definition) is 3. The fourth-order valence-corrected chi connectivity index (χ4v) is 3.67. The van der Waals surface area contributed by atoms with Gasteiger partial charge < -0.3 is 9.88 Å². The van der Waals surface area contributed by atoms with Crippen LogP contribution in [0, 0.1) is 11.6 Å². The first-order valence-corrected chi connectivity index (χ1v) is 9.27. The highest BCUT2D eigenvalue weighted by Crippen LogP contribution is 2.29. The van der Waals surface area contributed by atoms with Crippen LogP contribution in [0.2, 0.25) is 5.02 Å². The number of nitrogens with one attached hydrogen (secondary N) is 3. The van der Waals surface area contributed by atoms with E-state index in [2.05, 4.69) is 14.8 Å². The lowest BCUT2D eigenvalue weighted by Gasteiger charge is -2.10. The van der Waals surface area contributed by atoms with Gasteiger partial charge in [-0.25, -0.2) is 8.78 Å². The molecule has 1 heterocycles. The van der Waals surface area contributed by atoms with E-state index in [4.69, 9.17) is 11.6 Å². The van der Waals surface area contributed by atoms with Crippen molar-refractivity contribution in [3.8, 4) is 0 Å². The van der Waals surface area contributed by atoms with Crippen LogP contribution in [0.3, 0.4) is 0 Å². The molecule has 0 aliphatic rings. The number of nitrogens with zero attached hydrogens (tertiary/aromatic N) is 1. The number of carbonyl (C=O) groups is 1. The molecule has 0 aliphatic carbocycles. The minimum Gasteiger partial charge on any atom is -0.343 e.